The molecule has 1 nitrogen and oxygen atoms in total. The highest BCUT2D eigenvalue weighted by molar-refractivity contribution is 5.85. The smallest absolute Gasteiger partial charge is 0.00460 e. The van der Waals surface area contributed by atoms with Crippen molar-refractivity contribution in [2.45, 2.75) is 26.2 Å². The zero-order chi connectivity index (χ0) is 6.95. The average molecular weight is 164 g/mol. The van der Waals surface area contributed by atoms with Crippen molar-refractivity contribution < 1.29 is 0 Å². The largest absolute Gasteiger partial charge is 0.317 e. The topological polar surface area (TPSA) is 12.0 Å². The van der Waals surface area contributed by atoms with E-state index >= 15 is 0 Å². The van der Waals surface area contributed by atoms with Crippen LogP contribution >= 0.6 is 12.4 Å². The molecule has 0 radical (unpaired) electrons. The summed E-state index contributed by atoms with van der Waals surface area (Å²) < 4.78 is 0. The third kappa shape index (κ3) is 10.9. The maximum absolute atomic E-state index is 3.65. The highest BCUT2D eigenvalue weighted by Gasteiger charge is 1.81. The fourth-order valence-corrected chi connectivity index (χ4v) is 0.673. The lowest BCUT2D eigenvalue weighted by Gasteiger charge is -1.98. The van der Waals surface area contributed by atoms with Crippen LogP contribution in [0, 0.1) is 0 Å². The lowest BCUT2D eigenvalue weighted by atomic mass is 10.3. The van der Waals surface area contributed by atoms with Crippen LogP contribution in [0.5, 0.6) is 0 Å². The molecule has 0 heterocycles. The van der Waals surface area contributed by atoms with Crippen LogP contribution in [0.25, 0.3) is 0 Å². The first-order valence-corrected chi connectivity index (χ1v) is 3.73. The Labute approximate surface area is 70.3 Å². The summed E-state index contributed by atoms with van der Waals surface area (Å²) in [6.45, 7) is 8.12. The monoisotopic (exact) mass is 163 g/mol. The van der Waals surface area contributed by atoms with Gasteiger partial charge < -0.3 is 5.32 Å². The van der Waals surface area contributed by atoms with Gasteiger partial charge >= 0.3 is 0 Å². The van der Waals surface area contributed by atoms with Gasteiger partial charge in [0.2, 0.25) is 0 Å². The first-order chi connectivity index (χ1) is 4.41. The van der Waals surface area contributed by atoms with Gasteiger partial charge in [-0.25, -0.2) is 0 Å². The Morgan fingerprint density at radius 3 is 2.60 bits per heavy atom. The minimum atomic E-state index is 0. The van der Waals surface area contributed by atoms with Crippen molar-refractivity contribution in [1.29, 1.82) is 0 Å². The molecular weight excluding hydrogens is 146 g/mol. The Morgan fingerprint density at radius 2 is 2.10 bits per heavy atom. The molecule has 0 atom stereocenters. The van der Waals surface area contributed by atoms with Gasteiger partial charge in [-0.05, 0) is 32.4 Å². The molecule has 0 aliphatic carbocycles. The maximum Gasteiger partial charge on any atom is -0.00460 e. The zero-order valence-corrected chi connectivity index (χ0v) is 7.54. The lowest BCUT2D eigenvalue weighted by molar-refractivity contribution is 0.645. The van der Waals surface area contributed by atoms with Crippen LogP contribution in [0.3, 0.4) is 0 Å². The van der Waals surface area contributed by atoms with E-state index in [1.807, 2.05) is 6.08 Å². The second-order valence-electron chi connectivity index (χ2n) is 2.18. The van der Waals surface area contributed by atoms with Crippen molar-refractivity contribution in [3.63, 3.8) is 0 Å². The predicted octanol–water partition coefficient (Wildman–Crippen LogP) is 2.37. The highest BCUT2D eigenvalue weighted by Crippen LogP contribution is 1.85. The predicted molar refractivity (Wildman–Crippen MR) is 49.8 cm³/mol. The Kier molecular flexibility index (Phi) is 14.9. The van der Waals surface area contributed by atoms with E-state index in [9.17, 15) is 0 Å². The molecule has 0 aliphatic rings. The number of nitrogens with one attached hydrogen (secondary N) is 1. The quantitative estimate of drug-likeness (QED) is 0.469. The van der Waals surface area contributed by atoms with Crippen LogP contribution in [0.2, 0.25) is 0 Å². The van der Waals surface area contributed by atoms with Gasteiger partial charge in [0.15, 0.2) is 0 Å². The van der Waals surface area contributed by atoms with Crippen LogP contribution in [0.1, 0.15) is 26.2 Å². The summed E-state index contributed by atoms with van der Waals surface area (Å²) in [5.74, 6) is 0. The Morgan fingerprint density at radius 1 is 1.40 bits per heavy atom. The molecule has 0 saturated carbocycles. The number of hydrogen-bond donors (Lipinski definition) is 1. The first kappa shape index (κ1) is 12.6. The van der Waals surface area contributed by atoms with Gasteiger partial charge in [0.1, 0.15) is 0 Å². The van der Waals surface area contributed by atoms with E-state index in [1.165, 1.54) is 12.8 Å². The average Bonchev–Trinajstić information content (AvgIpc) is 1.89. The number of hydrogen-bond acceptors (Lipinski definition) is 1. The Bertz CT molecular complexity index is 64.3. The fraction of sp³-hybridized carbons (Fsp3) is 0.750. The molecule has 0 aromatic rings. The molecule has 0 bridgehead atoms. The first-order valence-electron chi connectivity index (χ1n) is 3.73. The lowest BCUT2D eigenvalue weighted by Crippen LogP contribution is -2.15. The minimum absolute atomic E-state index is 0. The molecule has 0 fully saturated rings. The Balaban J connectivity index is 0. The van der Waals surface area contributed by atoms with Gasteiger partial charge in [0, 0.05) is 0 Å². The summed E-state index contributed by atoms with van der Waals surface area (Å²) in [4.78, 5) is 0. The molecule has 1 N–H and O–H groups in total. The summed E-state index contributed by atoms with van der Waals surface area (Å²) in [5.41, 5.74) is 0. The molecule has 10 heavy (non-hydrogen) atoms. The summed E-state index contributed by atoms with van der Waals surface area (Å²) in [6, 6.07) is 0. The zero-order valence-electron chi connectivity index (χ0n) is 6.73. The van der Waals surface area contributed by atoms with E-state index in [1.54, 1.807) is 0 Å². The van der Waals surface area contributed by atoms with E-state index in [0.717, 1.165) is 19.5 Å². The van der Waals surface area contributed by atoms with E-state index in [4.69, 9.17) is 0 Å². The molecule has 62 valence electrons. The molecule has 0 amide bonds. The molecule has 0 saturated heterocycles. The van der Waals surface area contributed by atoms with Crippen LogP contribution in [0.15, 0.2) is 12.7 Å². The summed E-state index contributed by atoms with van der Waals surface area (Å²) >= 11 is 0. The van der Waals surface area contributed by atoms with Crippen LogP contribution in [0.4, 0.5) is 0 Å². The normalized spacial score (nSPS) is 8.50. The second-order valence-corrected chi connectivity index (χ2v) is 2.18. The van der Waals surface area contributed by atoms with Crippen LogP contribution in [-0.2, 0) is 0 Å². The minimum Gasteiger partial charge on any atom is -0.317 e. The van der Waals surface area contributed by atoms with Crippen molar-refractivity contribution in [2.75, 3.05) is 13.1 Å². The van der Waals surface area contributed by atoms with E-state index in [-0.39, 0.29) is 12.4 Å². The summed E-state index contributed by atoms with van der Waals surface area (Å²) in [7, 11) is 0. The van der Waals surface area contributed by atoms with E-state index in [2.05, 4.69) is 18.8 Å². The summed E-state index contributed by atoms with van der Waals surface area (Å²) in [5, 5.41) is 3.32. The van der Waals surface area contributed by atoms with E-state index < -0.39 is 0 Å². The van der Waals surface area contributed by atoms with Crippen molar-refractivity contribution in [3.8, 4) is 0 Å². The van der Waals surface area contributed by atoms with Gasteiger partial charge in [0.25, 0.3) is 0 Å². The number of rotatable bonds is 6. The molecular formula is C8H18ClN. The van der Waals surface area contributed by atoms with Gasteiger partial charge in [-0.1, -0.05) is 13.0 Å². The third-order valence-corrected chi connectivity index (χ3v) is 1.19. The highest BCUT2D eigenvalue weighted by atomic mass is 35.5. The van der Waals surface area contributed by atoms with Crippen molar-refractivity contribution >= 4 is 12.4 Å². The maximum atomic E-state index is 3.65. The molecule has 0 aromatic carbocycles. The number of unbranched alkanes of at least 4 members (excludes halogenated alkanes) is 1. The Hall–Kier alpha value is -0.0100. The van der Waals surface area contributed by atoms with Crippen LogP contribution < -0.4 is 5.32 Å². The van der Waals surface area contributed by atoms with Crippen molar-refractivity contribution in [3.05, 3.63) is 12.7 Å². The molecule has 0 aromatic heterocycles. The molecule has 2 heteroatoms. The SMILES string of the molecule is C=CCCCNCCC.Cl. The van der Waals surface area contributed by atoms with Gasteiger partial charge in [0.05, 0.1) is 0 Å². The van der Waals surface area contributed by atoms with Gasteiger partial charge in [-0.15, -0.1) is 19.0 Å². The second kappa shape index (κ2) is 11.7. The fourth-order valence-electron chi connectivity index (χ4n) is 0.673. The molecule has 0 aliphatic heterocycles. The van der Waals surface area contributed by atoms with Crippen molar-refractivity contribution in [2.24, 2.45) is 0 Å². The molecule has 0 rings (SSSR count). The molecule has 0 spiro atoms. The summed E-state index contributed by atoms with van der Waals surface area (Å²) in [6.07, 6.45) is 5.56. The van der Waals surface area contributed by atoms with Crippen LogP contribution in [-0.4, -0.2) is 13.1 Å². The van der Waals surface area contributed by atoms with Gasteiger partial charge in [-0.3, -0.25) is 0 Å². The standard InChI is InChI=1S/C8H17N.ClH/c1-3-5-6-8-9-7-4-2;/h3,9H,1,4-8H2,2H3;1H. The number of allylic oxidation sites excluding steroid dienone is 1. The number of halogens is 1. The van der Waals surface area contributed by atoms with Gasteiger partial charge in [-0.2, -0.15) is 0 Å². The third-order valence-electron chi connectivity index (χ3n) is 1.19. The van der Waals surface area contributed by atoms with E-state index in [0.29, 0.717) is 0 Å². The van der Waals surface area contributed by atoms with Crippen molar-refractivity contribution in [1.82, 2.24) is 5.32 Å². The molecule has 0 unspecified atom stereocenters.